The number of amides is 1. The van der Waals surface area contributed by atoms with Crippen molar-refractivity contribution in [3.63, 3.8) is 0 Å². The summed E-state index contributed by atoms with van der Waals surface area (Å²) < 4.78 is 24.6. The minimum absolute atomic E-state index is 0.103. The number of hydrogen-bond acceptors (Lipinski definition) is 3. The van der Waals surface area contributed by atoms with E-state index < -0.39 is 0 Å². The number of nitrogens with zero attached hydrogens (tertiary/aromatic N) is 1. The molecule has 0 bridgehead atoms. The molecule has 1 aromatic rings. The Balaban J connectivity index is 1.54. The molecule has 0 aromatic heterocycles. The number of benzene rings is 1. The predicted octanol–water partition coefficient (Wildman–Crippen LogP) is 3.19. The third-order valence-electron chi connectivity index (χ3n) is 5.56. The van der Waals surface area contributed by atoms with Crippen LogP contribution in [0, 0.1) is 11.7 Å². The summed E-state index contributed by atoms with van der Waals surface area (Å²) in [4.78, 5) is 14.1. The minimum Gasteiger partial charge on any atom is -0.384 e. The molecule has 0 radical (unpaired) electrons. The van der Waals surface area contributed by atoms with Crippen molar-refractivity contribution in [1.82, 2.24) is 4.90 Å². The van der Waals surface area contributed by atoms with Crippen LogP contribution in [0.4, 0.5) is 4.39 Å². The van der Waals surface area contributed by atoms with Gasteiger partial charge in [0.05, 0.1) is 18.6 Å². The van der Waals surface area contributed by atoms with Crippen molar-refractivity contribution < 1.29 is 18.7 Å². The number of likely N-dealkylation sites (tertiary alicyclic amines) is 1. The molecule has 0 saturated carbocycles. The molecule has 1 unspecified atom stereocenters. The van der Waals surface area contributed by atoms with Crippen LogP contribution in [0.1, 0.15) is 37.7 Å². The molecule has 25 heavy (non-hydrogen) atoms. The molecule has 2 fully saturated rings. The maximum atomic E-state index is 13.4. The first-order valence-electron chi connectivity index (χ1n) is 9.25. The highest BCUT2D eigenvalue weighted by Gasteiger charge is 2.40. The third-order valence-corrected chi connectivity index (χ3v) is 5.56. The first kappa shape index (κ1) is 18.3. The number of piperidine rings is 1. The number of carbonyl (C=O) groups excluding carboxylic acids is 1. The van der Waals surface area contributed by atoms with Gasteiger partial charge in [0.1, 0.15) is 5.82 Å². The van der Waals surface area contributed by atoms with E-state index in [1.807, 2.05) is 11.0 Å². The van der Waals surface area contributed by atoms with Crippen LogP contribution in [0.5, 0.6) is 0 Å². The average Bonchev–Trinajstić information content (AvgIpc) is 2.60. The largest absolute Gasteiger partial charge is 0.384 e. The van der Waals surface area contributed by atoms with Crippen molar-refractivity contribution in [3.8, 4) is 0 Å². The Morgan fingerprint density at radius 3 is 2.92 bits per heavy atom. The van der Waals surface area contributed by atoms with Gasteiger partial charge in [0.2, 0.25) is 5.91 Å². The molecule has 2 saturated heterocycles. The van der Waals surface area contributed by atoms with Gasteiger partial charge >= 0.3 is 0 Å². The molecule has 4 nitrogen and oxygen atoms in total. The van der Waals surface area contributed by atoms with Gasteiger partial charge in [-0.3, -0.25) is 4.79 Å². The molecule has 5 heteroatoms. The summed E-state index contributed by atoms with van der Waals surface area (Å²) in [5.41, 5.74) is 0.961. The second-order valence-corrected chi connectivity index (χ2v) is 7.35. The van der Waals surface area contributed by atoms with Crippen molar-refractivity contribution in [2.24, 2.45) is 5.92 Å². The molecule has 2 aliphatic heterocycles. The Morgan fingerprint density at radius 1 is 1.40 bits per heavy atom. The minimum atomic E-state index is -0.165. The van der Waals surface area contributed by atoms with E-state index in [2.05, 4.69) is 0 Å². The van der Waals surface area contributed by atoms with Crippen LogP contribution in [0.25, 0.3) is 0 Å². The SMILES string of the molecule is COCCC(=O)N1CCC2(CC1)CC(Cc1cccc(F)c1)CCO2. The van der Waals surface area contributed by atoms with Crippen molar-refractivity contribution in [3.05, 3.63) is 35.6 Å². The van der Waals surface area contributed by atoms with Gasteiger partial charge in [-0.05, 0) is 55.7 Å². The average molecular weight is 349 g/mol. The van der Waals surface area contributed by atoms with E-state index in [1.165, 1.54) is 6.07 Å². The monoisotopic (exact) mass is 349 g/mol. The van der Waals surface area contributed by atoms with Crippen LogP contribution in [0.3, 0.4) is 0 Å². The number of ether oxygens (including phenoxy) is 2. The van der Waals surface area contributed by atoms with Crippen LogP contribution < -0.4 is 0 Å². The fraction of sp³-hybridized carbons (Fsp3) is 0.650. The molecule has 2 aliphatic rings. The van der Waals surface area contributed by atoms with E-state index in [4.69, 9.17) is 9.47 Å². The van der Waals surface area contributed by atoms with Gasteiger partial charge in [-0.1, -0.05) is 12.1 Å². The van der Waals surface area contributed by atoms with Gasteiger partial charge in [-0.15, -0.1) is 0 Å². The Labute approximate surface area is 149 Å². The van der Waals surface area contributed by atoms with E-state index in [0.717, 1.165) is 57.4 Å². The molecule has 1 atom stereocenters. The zero-order valence-corrected chi connectivity index (χ0v) is 15.0. The maximum absolute atomic E-state index is 13.4. The molecule has 1 spiro atoms. The lowest BCUT2D eigenvalue weighted by Crippen LogP contribution is -2.51. The second-order valence-electron chi connectivity index (χ2n) is 7.35. The van der Waals surface area contributed by atoms with Crippen LogP contribution in [-0.4, -0.2) is 49.8 Å². The zero-order valence-electron chi connectivity index (χ0n) is 15.0. The number of halogens is 1. The molecule has 0 aliphatic carbocycles. The summed E-state index contributed by atoms with van der Waals surface area (Å²) in [6.45, 7) is 2.76. The third kappa shape index (κ3) is 4.79. The van der Waals surface area contributed by atoms with Gasteiger partial charge in [-0.2, -0.15) is 0 Å². The smallest absolute Gasteiger partial charge is 0.224 e. The van der Waals surface area contributed by atoms with Gasteiger partial charge in [0.25, 0.3) is 0 Å². The Kier molecular flexibility index (Phi) is 6.07. The Hall–Kier alpha value is -1.46. The van der Waals surface area contributed by atoms with E-state index >= 15 is 0 Å². The van der Waals surface area contributed by atoms with E-state index in [9.17, 15) is 9.18 Å². The predicted molar refractivity (Wildman–Crippen MR) is 93.8 cm³/mol. The fourth-order valence-electron chi connectivity index (χ4n) is 4.16. The lowest BCUT2D eigenvalue weighted by atomic mass is 9.77. The summed E-state index contributed by atoms with van der Waals surface area (Å²) >= 11 is 0. The van der Waals surface area contributed by atoms with Crippen molar-refractivity contribution >= 4 is 5.91 Å². The van der Waals surface area contributed by atoms with Crippen molar-refractivity contribution in [1.29, 1.82) is 0 Å². The van der Waals surface area contributed by atoms with Crippen LogP contribution in [0.15, 0.2) is 24.3 Å². The van der Waals surface area contributed by atoms with Gasteiger partial charge in [0.15, 0.2) is 0 Å². The van der Waals surface area contributed by atoms with Crippen molar-refractivity contribution in [2.75, 3.05) is 33.4 Å². The number of carbonyl (C=O) groups is 1. The van der Waals surface area contributed by atoms with Crippen LogP contribution >= 0.6 is 0 Å². The maximum Gasteiger partial charge on any atom is 0.224 e. The lowest BCUT2D eigenvalue weighted by molar-refractivity contribution is -0.147. The first-order chi connectivity index (χ1) is 12.1. The number of methoxy groups -OCH3 is 1. The molecule has 1 aromatic carbocycles. The number of hydrogen-bond donors (Lipinski definition) is 0. The molecule has 1 amide bonds. The van der Waals surface area contributed by atoms with Gasteiger partial charge in [0, 0.05) is 26.8 Å². The molecular formula is C20H28FNO3. The fourth-order valence-corrected chi connectivity index (χ4v) is 4.16. The second kappa shape index (κ2) is 8.28. The normalized spacial score (nSPS) is 23.0. The Bertz CT molecular complexity index is 584. The van der Waals surface area contributed by atoms with Gasteiger partial charge < -0.3 is 14.4 Å². The topological polar surface area (TPSA) is 38.8 Å². The standard InChI is InChI=1S/C20H28FNO3/c1-24-11-6-19(23)22-9-7-20(8-10-22)15-17(5-12-25-20)13-16-3-2-4-18(21)14-16/h2-4,14,17H,5-13,15H2,1H3. The van der Waals surface area contributed by atoms with E-state index in [-0.39, 0.29) is 17.3 Å². The highest BCUT2D eigenvalue weighted by Crippen LogP contribution is 2.38. The molecular weight excluding hydrogens is 321 g/mol. The summed E-state index contributed by atoms with van der Waals surface area (Å²) in [5.74, 6) is 0.525. The van der Waals surface area contributed by atoms with E-state index in [0.29, 0.717) is 18.9 Å². The van der Waals surface area contributed by atoms with Gasteiger partial charge in [-0.25, -0.2) is 4.39 Å². The van der Waals surface area contributed by atoms with E-state index in [1.54, 1.807) is 19.2 Å². The van der Waals surface area contributed by atoms with Crippen LogP contribution in [-0.2, 0) is 20.7 Å². The molecule has 2 heterocycles. The van der Waals surface area contributed by atoms with Crippen LogP contribution in [0.2, 0.25) is 0 Å². The molecule has 3 rings (SSSR count). The van der Waals surface area contributed by atoms with Crippen molar-refractivity contribution in [2.45, 2.75) is 44.1 Å². The molecule has 138 valence electrons. The summed E-state index contributed by atoms with van der Waals surface area (Å²) in [6.07, 6.45) is 5.17. The summed E-state index contributed by atoms with van der Waals surface area (Å²) in [5, 5.41) is 0. The summed E-state index contributed by atoms with van der Waals surface area (Å²) in [6, 6.07) is 6.91. The molecule has 0 N–H and O–H groups in total. The number of rotatable bonds is 5. The quantitative estimate of drug-likeness (QED) is 0.819. The zero-order chi connectivity index (χ0) is 17.7. The summed E-state index contributed by atoms with van der Waals surface area (Å²) in [7, 11) is 1.62. The highest BCUT2D eigenvalue weighted by atomic mass is 19.1. The Morgan fingerprint density at radius 2 is 2.20 bits per heavy atom. The first-order valence-corrected chi connectivity index (χ1v) is 9.25. The highest BCUT2D eigenvalue weighted by molar-refractivity contribution is 5.76. The lowest BCUT2D eigenvalue weighted by Gasteiger charge is -2.46.